The fraction of sp³-hybridized carbons (Fsp3) is 0.391. The number of benzene rings is 1. The van der Waals surface area contributed by atoms with Gasteiger partial charge in [0.25, 0.3) is 5.91 Å². The Morgan fingerprint density at radius 1 is 1.24 bits per heavy atom. The van der Waals surface area contributed by atoms with Crippen LogP contribution in [0.4, 0.5) is 17.6 Å². The van der Waals surface area contributed by atoms with Gasteiger partial charge < -0.3 is 15.8 Å². The average Bonchev–Trinajstić information content (AvgIpc) is 3.05. The van der Waals surface area contributed by atoms with Crippen LogP contribution < -0.4 is 15.8 Å². The quantitative estimate of drug-likeness (QED) is 0.403. The second-order valence-corrected chi connectivity index (χ2v) is 9.09. The second kappa shape index (κ2) is 9.79. The van der Waals surface area contributed by atoms with E-state index in [-0.39, 0.29) is 40.6 Å². The number of nitrogens with one attached hydrogen (secondary N) is 1. The van der Waals surface area contributed by atoms with Gasteiger partial charge in [0, 0.05) is 30.8 Å². The van der Waals surface area contributed by atoms with Crippen LogP contribution in [0.2, 0.25) is 5.02 Å². The van der Waals surface area contributed by atoms with Gasteiger partial charge in [-0.05, 0) is 39.3 Å². The number of amides is 1. The van der Waals surface area contributed by atoms with Gasteiger partial charge in [-0.15, -0.1) is 0 Å². The number of rotatable bonds is 9. The molecule has 2 heterocycles. The monoisotopic (exact) mass is 500 g/mol. The van der Waals surface area contributed by atoms with E-state index in [9.17, 15) is 22.4 Å². The van der Waals surface area contributed by atoms with E-state index in [4.69, 9.17) is 22.1 Å². The van der Waals surface area contributed by atoms with Crippen LogP contribution in [-0.4, -0.2) is 33.3 Å². The van der Waals surface area contributed by atoms with Crippen molar-refractivity contribution in [1.29, 1.82) is 0 Å². The van der Waals surface area contributed by atoms with Gasteiger partial charge in [-0.25, -0.2) is 22.5 Å². The largest absolute Gasteiger partial charge is 0.485 e. The van der Waals surface area contributed by atoms with E-state index in [0.717, 1.165) is 19.1 Å². The maximum atomic E-state index is 14.0. The summed E-state index contributed by atoms with van der Waals surface area (Å²) in [4.78, 5) is 17.3. The summed E-state index contributed by atoms with van der Waals surface area (Å²) in [6.45, 7) is 3.51. The minimum Gasteiger partial charge on any atom is -0.485 e. The van der Waals surface area contributed by atoms with Crippen LogP contribution in [0.1, 0.15) is 48.4 Å². The van der Waals surface area contributed by atoms with Crippen molar-refractivity contribution in [3.05, 3.63) is 64.1 Å². The van der Waals surface area contributed by atoms with Crippen LogP contribution in [0, 0.1) is 18.6 Å². The third-order valence-electron chi connectivity index (χ3n) is 5.26. The highest BCUT2D eigenvalue weighted by molar-refractivity contribution is 6.30. The van der Waals surface area contributed by atoms with Crippen LogP contribution in [0.5, 0.6) is 5.75 Å². The normalized spacial score (nSPS) is 13.7. The number of halogens is 5. The van der Waals surface area contributed by atoms with Crippen molar-refractivity contribution in [2.75, 3.05) is 6.54 Å². The predicted molar refractivity (Wildman–Crippen MR) is 120 cm³/mol. The van der Waals surface area contributed by atoms with Gasteiger partial charge in [0.05, 0.1) is 16.3 Å². The zero-order valence-corrected chi connectivity index (χ0v) is 19.6. The highest BCUT2D eigenvalue weighted by atomic mass is 35.5. The molecule has 1 aromatic carbocycles. The Morgan fingerprint density at radius 2 is 1.88 bits per heavy atom. The minimum atomic E-state index is -2.86. The second-order valence-electron chi connectivity index (χ2n) is 8.66. The molecular weight excluding hydrogens is 476 g/mol. The first-order chi connectivity index (χ1) is 15.8. The van der Waals surface area contributed by atoms with E-state index in [2.05, 4.69) is 10.3 Å². The van der Waals surface area contributed by atoms with Gasteiger partial charge in [-0.3, -0.25) is 9.20 Å². The summed E-state index contributed by atoms with van der Waals surface area (Å²) >= 11 is 6.19. The topological polar surface area (TPSA) is 81.7 Å². The average molecular weight is 501 g/mol. The highest BCUT2D eigenvalue weighted by Gasteiger charge is 2.28. The summed E-state index contributed by atoms with van der Waals surface area (Å²) in [5.41, 5.74) is 5.43. The Hall–Kier alpha value is -2.85. The van der Waals surface area contributed by atoms with Crippen molar-refractivity contribution >= 4 is 23.2 Å². The molecule has 184 valence electrons. The number of ether oxygens (including phenoxy) is 1. The van der Waals surface area contributed by atoms with Crippen molar-refractivity contribution in [3.8, 4) is 5.75 Å². The molecule has 1 unspecified atom stereocenters. The van der Waals surface area contributed by atoms with E-state index >= 15 is 0 Å². The Kier molecular flexibility index (Phi) is 7.42. The first-order valence-electron chi connectivity index (χ1n) is 10.5. The van der Waals surface area contributed by atoms with Crippen molar-refractivity contribution in [1.82, 2.24) is 14.7 Å². The summed E-state index contributed by atoms with van der Waals surface area (Å²) < 4.78 is 61.2. The highest BCUT2D eigenvalue weighted by Crippen LogP contribution is 2.28. The molecule has 2 aromatic heterocycles. The van der Waals surface area contributed by atoms with Crippen LogP contribution in [0.25, 0.3) is 5.65 Å². The summed E-state index contributed by atoms with van der Waals surface area (Å²) in [5.74, 6) is -4.81. The smallest absolute Gasteiger partial charge is 0.270 e. The Bertz CT molecular complexity index is 1190. The molecule has 6 nitrogen and oxygen atoms in total. The number of pyridine rings is 1. The van der Waals surface area contributed by atoms with E-state index in [1.165, 1.54) is 22.7 Å². The Labute approximate surface area is 199 Å². The third-order valence-corrected chi connectivity index (χ3v) is 5.47. The predicted octanol–water partition coefficient (Wildman–Crippen LogP) is 5.04. The van der Waals surface area contributed by atoms with Crippen LogP contribution in [0.3, 0.4) is 0 Å². The van der Waals surface area contributed by atoms with Gasteiger partial charge in [0.15, 0.2) is 11.4 Å². The number of hydrogen-bond donors (Lipinski definition) is 2. The molecule has 3 rings (SSSR count). The molecule has 0 radical (unpaired) electrons. The van der Waals surface area contributed by atoms with Crippen molar-refractivity contribution in [3.63, 3.8) is 0 Å². The number of aryl methyl sites for hydroxylation is 1. The first kappa shape index (κ1) is 25.8. The molecule has 1 amide bonds. The van der Waals surface area contributed by atoms with E-state index in [1.807, 2.05) is 0 Å². The van der Waals surface area contributed by atoms with Gasteiger partial charge in [0.2, 0.25) is 5.92 Å². The summed E-state index contributed by atoms with van der Waals surface area (Å²) in [5, 5.41) is 2.85. The molecule has 11 heteroatoms. The Morgan fingerprint density at radius 3 is 2.50 bits per heavy atom. The zero-order valence-electron chi connectivity index (χ0n) is 18.9. The maximum Gasteiger partial charge on any atom is 0.270 e. The minimum absolute atomic E-state index is 0.000659. The molecule has 0 spiro atoms. The van der Waals surface area contributed by atoms with E-state index in [1.54, 1.807) is 13.8 Å². The molecule has 0 fully saturated rings. The lowest BCUT2D eigenvalue weighted by Gasteiger charge is -2.26. The number of alkyl halides is 2. The molecule has 0 aliphatic heterocycles. The Balaban J connectivity index is 1.82. The lowest BCUT2D eigenvalue weighted by atomic mass is 9.95. The number of nitrogens with zero attached hydrogens (tertiary/aromatic N) is 2. The number of hydrogen-bond acceptors (Lipinski definition) is 4. The SMILES string of the molecule is Cc1nc2c(OCc3c(F)cccc3F)cc(Cl)cn2c1C(=O)NCC(C)(N)CCC(C)(F)F. The van der Waals surface area contributed by atoms with Gasteiger partial charge in [0.1, 0.15) is 23.9 Å². The molecule has 3 aromatic rings. The number of nitrogens with two attached hydrogens (primary N) is 1. The van der Waals surface area contributed by atoms with Gasteiger partial charge >= 0.3 is 0 Å². The van der Waals surface area contributed by atoms with Crippen LogP contribution >= 0.6 is 11.6 Å². The molecule has 0 aliphatic carbocycles. The first-order valence-corrected chi connectivity index (χ1v) is 10.8. The lowest BCUT2D eigenvalue weighted by Crippen LogP contribution is -2.48. The summed E-state index contributed by atoms with van der Waals surface area (Å²) in [6.07, 6.45) is 1.03. The lowest BCUT2D eigenvalue weighted by molar-refractivity contribution is 0.00567. The van der Waals surface area contributed by atoms with Crippen LogP contribution in [-0.2, 0) is 6.61 Å². The summed E-state index contributed by atoms with van der Waals surface area (Å²) in [7, 11) is 0. The number of aromatic nitrogens is 2. The van der Waals surface area contributed by atoms with E-state index in [0.29, 0.717) is 5.69 Å². The third kappa shape index (κ3) is 6.18. The maximum absolute atomic E-state index is 14.0. The number of fused-ring (bicyclic) bond motifs is 1. The molecule has 3 N–H and O–H groups in total. The number of carbonyl (C=O) groups excluding carboxylic acids is 1. The molecule has 0 aliphatic rings. The molecule has 0 saturated heterocycles. The van der Waals surface area contributed by atoms with Crippen molar-refractivity contribution in [2.45, 2.75) is 51.7 Å². The van der Waals surface area contributed by atoms with Crippen LogP contribution in [0.15, 0.2) is 30.5 Å². The fourth-order valence-corrected chi connectivity index (χ4v) is 3.55. The number of imidazole rings is 1. The molecule has 0 saturated carbocycles. The van der Waals surface area contributed by atoms with Gasteiger partial charge in [-0.1, -0.05) is 17.7 Å². The molecule has 1 atom stereocenters. The molecule has 0 bridgehead atoms. The van der Waals surface area contributed by atoms with E-state index < -0.39 is 42.0 Å². The standard InChI is InChI=1S/C23H25ClF4N4O2/c1-13-19(21(33)30-12-22(2,29)7-8-23(3,27)28)32-10-14(24)9-18(20(32)31-13)34-11-15-16(25)5-4-6-17(15)26/h4-6,9-10H,7-8,11-12,29H2,1-3H3,(H,30,33). The zero-order chi connectivity index (χ0) is 25.3. The van der Waals surface area contributed by atoms with Gasteiger partial charge in [-0.2, -0.15) is 0 Å². The summed E-state index contributed by atoms with van der Waals surface area (Å²) in [6, 6.07) is 4.90. The molecular formula is C23H25ClF4N4O2. The van der Waals surface area contributed by atoms with Crippen molar-refractivity contribution < 1.29 is 27.1 Å². The molecule has 34 heavy (non-hydrogen) atoms. The van der Waals surface area contributed by atoms with Crippen molar-refractivity contribution in [2.24, 2.45) is 5.73 Å². The number of carbonyl (C=O) groups is 1. The fourth-order valence-electron chi connectivity index (χ4n) is 3.36.